The number of hydrogen-bond acceptors (Lipinski definition) is 3. The first-order valence-corrected chi connectivity index (χ1v) is 8.56. The van der Waals surface area contributed by atoms with Crippen LogP contribution in [0.5, 0.6) is 0 Å². The normalized spacial score (nSPS) is 18.3. The number of ether oxygens (including phenoxy) is 1. The Kier molecular flexibility index (Phi) is 6.71. The maximum atomic E-state index is 5.56. The van der Waals surface area contributed by atoms with E-state index in [1.54, 1.807) is 0 Å². The Morgan fingerprint density at radius 3 is 2.76 bits per heavy atom. The van der Waals surface area contributed by atoms with Gasteiger partial charge in [-0.05, 0) is 31.7 Å². The van der Waals surface area contributed by atoms with E-state index < -0.39 is 0 Å². The molecule has 1 aromatic heterocycles. The van der Waals surface area contributed by atoms with Gasteiger partial charge in [-0.25, -0.2) is 0 Å². The molecule has 1 saturated carbocycles. The van der Waals surface area contributed by atoms with E-state index in [-0.39, 0.29) is 0 Å². The second-order valence-corrected chi connectivity index (χ2v) is 6.47. The number of aromatic nitrogens is 2. The van der Waals surface area contributed by atoms with Crippen molar-refractivity contribution in [1.82, 2.24) is 15.1 Å². The van der Waals surface area contributed by atoms with Crippen molar-refractivity contribution in [3.63, 3.8) is 0 Å². The second kappa shape index (κ2) is 8.54. The Morgan fingerprint density at radius 2 is 2.10 bits per heavy atom. The molecule has 1 unspecified atom stereocenters. The molecule has 0 radical (unpaired) electrons. The van der Waals surface area contributed by atoms with Crippen LogP contribution in [0.15, 0.2) is 12.3 Å². The van der Waals surface area contributed by atoms with Gasteiger partial charge in [0, 0.05) is 25.4 Å². The lowest BCUT2D eigenvalue weighted by Crippen LogP contribution is -2.37. The smallest absolute Gasteiger partial charge is 0.0762 e. The first-order chi connectivity index (χ1) is 10.2. The molecule has 21 heavy (non-hydrogen) atoms. The van der Waals surface area contributed by atoms with Crippen molar-refractivity contribution in [2.45, 2.75) is 71.5 Å². The molecule has 0 amide bonds. The van der Waals surface area contributed by atoms with Gasteiger partial charge >= 0.3 is 0 Å². The predicted octanol–water partition coefficient (Wildman–Crippen LogP) is 3.54. The fraction of sp³-hybridized carbons (Fsp3) is 0.824. The molecular weight excluding hydrogens is 262 g/mol. The molecule has 1 atom stereocenters. The summed E-state index contributed by atoms with van der Waals surface area (Å²) < 4.78 is 7.74. The van der Waals surface area contributed by atoms with Crippen LogP contribution in [0.3, 0.4) is 0 Å². The lowest BCUT2D eigenvalue weighted by atomic mass is 9.96. The van der Waals surface area contributed by atoms with E-state index in [0.717, 1.165) is 25.5 Å². The fourth-order valence-electron chi connectivity index (χ4n) is 2.99. The van der Waals surface area contributed by atoms with Gasteiger partial charge in [-0.3, -0.25) is 4.68 Å². The molecule has 4 nitrogen and oxygen atoms in total. The van der Waals surface area contributed by atoms with E-state index in [0.29, 0.717) is 18.0 Å². The zero-order valence-corrected chi connectivity index (χ0v) is 13.8. The molecule has 0 aliphatic heterocycles. The SMILES string of the molecule is CCOCC(NCc1ccn(C2CCCCC2)n1)C(C)C. The van der Waals surface area contributed by atoms with E-state index in [4.69, 9.17) is 9.84 Å². The molecular formula is C17H31N3O. The number of rotatable bonds is 8. The molecule has 1 aliphatic rings. The summed E-state index contributed by atoms with van der Waals surface area (Å²) in [5.41, 5.74) is 1.14. The molecule has 1 aromatic rings. The van der Waals surface area contributed by atoms with Crippen LogP contribution in [-0.2, 0) is 11.3 Å². The molecule has 120 valence electrons. The van der Waals surface area contributed by atoms with Crippen LogP contribution in [0, 0.1) is 5.92 Å². The molecule has 1 heterocycles. The van der Waals surface area contributed by atoms with Gasteiger partial charge in [0.1, 0.15) is 0 Å². The van der Waals surface area contributed by atoms with Gasteiger partial charge in [-0.2, -0.15) is 5.10 Å². The standard InChI is InChI=1S/C17H31N3O/c1-4-21-13-17(14(2)3)18-12-15-10-11-20(19-15)16-8-6-5-7-9-16/h10-11,14,16-18H,4-9,12-13H2,1-3H3. The van der Waals surface area contributed by atoms with Crippen LogP contribution in [0.4, 0.5) is 0 Å². The maximum absolute atomic E-state index is 5.56. The lowest BCUT2D eigenvalue weighted by molar-refractivity contribution is 0.107. The fourth-order valence-corrected chi connectivity index (χ4v) is 2.99. The van der Waals surface area contributed by atoms with Crippen LogP contribution < -0.4 is 5.32 Å². The average Bonchev–Trinajstić information content (AvgIpc) is 2.97. The van der Waals surface area contributed by atoms with Gasteiger partial charge in [0.15, 0.2) is 0 Å². The third kappa shape index (κ3) is 5.11. The molecule has 1 N–H and O–H groups in total. The van der Waals surface area contributed by atoms with Gasteiger partial charge in [0.25, 0.3) is 0 Å². The van der Waals surface area contributed by atoms with E-state index in [9.17, 15) is 0 Å². The minimum absolute atomic E-state index is 0.393. The highest BCUT2D eigenvalue weighted by molar-refractivity contribution is 5.00. The molecule has 1 fully saturated rings. The lowest BCUT2D eigenvalue weighted by Gasteiger charge is -2.22. The monoisotopic (exact) mass is 293 g/mol. The summed E-state index contributed by atoms with van der Waals surface area (Å²) >= 11 is 0. The summed E-state index contributed by atoms with van der Waals surface area (Å²) in [5, 5.41) is 8.34. The topological polar surface area (TPSA) is 39.1 Å². The third-order valence-electron chi connectivity index (χ3n) is 4.46. The van der Waals surface area contributed by atoms with Gasteiger partial charge in [-0.15, -0.1) is 0 Å². The minimum atomic E-state index is 0.393. The van der Waals surface area contributed by atoms with E-state index in [1.165, 1.54) is 32.1 Å². The largest absolute Gasteiger partial charge is 0.380 e. The van der Waals surface area contributed by atoms with E-state index in [2.05, 4.69) is 36.1 Å². The van der Waals surface area contributed by atoms with Crippen molar-refractivity contribution < 1.29 is 4.74 Å². The maximum Gasteiger partial charge on any atom is 0.0762 e. The molecule has 0 saturated heterocycles. The van der Waals surface area contributed by atoms with Crippen LogP contribution in [0.2, 0.25) is 0 Å². The Hall–Kier alpha value is -0.870. The van der Waals surface area contributed by atoms with Crippen molar-refractivity contribution in [2.75, 3.05) is 13.2 Å². The zero-order valence-electron chi connectivity index (χ0n) is 13.8. The van der Waals surface area contributed by atoms with Gasteiger partial charge in [0.05, 0.1) is 18.3 Å². The minimum Gasteiger partial charge on any atom is -0.380 e. The number of nitrogens with zero attached hydrogens (tertiary/aromatic N) is 2. The second-order valence-electron chi connectivity index (χ2n) is 6.47. The van der Waals surface area contributed by atoms with E-state index in [1.807, 2.05) is 6.92 Å². The summed E-state index contributed by atoms with van der Waals surface area (Å²) in [4.78, 5) is 0. The van der Waals surface area contributed by atoms with Crippen molar-refractivity contribution in [2.24, 2.45) is 5.92 Å². The molecule has 1 aliphatic carbocycles. The average molecular weight is 293 g/mol. The first-order valence-electron chi connectivity index (χ1n) is 8.56. The van der Waals surface area contributed by atoms with Gasteiger partial charge in [-0.1, -0.05) is 33.1 Å². The molecule has 0 bridgehead atoms. The van der Waals surface area contributed by atoms with E-state index >= 15 is 0 Å². The summed E-state index contributed by atoms with van der Waals surface area (Å²) in [6.45, 7) is 8.90. The Balaban J connectivity index is 1.83. The van der Waals surface area contributed by atoms with Gasteiger partial charge in [0.2, 0.25) is 0 Å². The van der Waals surface area contributed by atoms with Gasteiger partial charge < -0.3 is 10.1 Å². The molecule has 0 spiro atoms. The third-order valence-corrected chi connectivity index (χ3v) is 4.46. The van der Waals surface area contributed by atoms with Crippen molar-refractivity contribution >= 4 is 0 Å². The van der Waals surface area contributed by atoms with Crippen LogP contribution in [-0.4, -0.2) is 29.0 Å². The first kappa shape index (κ1) is 16.5. The van der Waals surface area contributed by atoms with Crippen LogP contribution in [0.25, 0.3) is 0 Å². The summed E-state index contributed by atoms with van der Waals surface area (Å²) in [5.74, 6) is 0.567. The van der Waals surface area contributed by atoms with Crippen molar-refractivity contribution in [3.8, 4) is 0 Å². The number of hydrogen-bond donors (Lipinski definition) is 1. The Morgan fingerprint density at radius 1 is 1.33 bits per heavy atom. The highest BCUT2D eigenvalue weighted by Gasteiger charge is 2.17. The summed E-state index contributed by atoms with van der Waals surface area (Å²) in [6, 6.07) is 3.17. The zero-order chi connectivity index (χ0) is 15.1. The van der Waals surface area contributed by atoms with Crippen LogP contribution in [0.1, 0.15) is 64.6 Å². The summed E-state index contributed by atoms with van der Waals surface area (Å²) in [6.07, 6.45) is 8.81. The highest BCUT2D eigenvalue weighted by Crippen LogP contribution is 2.27. The molecule has 2 rings (SSSR count). The Bertz CT molecular complexity index is 396. The summed E-state index contributed by atoms with van der Waals surface area (Å²) in [7, 11) is 0. The quantitative estimate of drug-likeness (QED) is 0.797. The number of nitrogens with one attached hydrogen (secondary N) is 1. The van der Waals surface area contributed by atoms with Crippen molar-refractivity contribution in [3.05, 3.63) is 18.0 Å². The molecule has 0 aromatic carbocycles. The predicted molar refractivity (Wildman–Crippen MR) is 86.3 cm³/mol. The van der Waals surface area contributed by atoms with Crippen LogP contribution >= 0.6 is 0 Å². The Labute approximate surface area is 129 Å². The highest BCUT2D eigenvalue weighted by atomic mass is 16.5. The molecule has 4 heteroatoms. The van der Waals surface area contributed by atoms with Crippen molar-refractivity contribution in [1.29, 1.82) is 0 Å².